The zero-order valence-corrected chi connectivity index (χ0v) is 17.0. The Morgan fingerprint density at radius 2 is 1.97 bits per heavy atom. The topological polar surface area (TPSA) is 109 Å². The number of benzene rings is 2. The summed E-state index contributed by atoms with van der Waals surface area (Å²) in [5.41, 5.74) is 0.0160. The molecular formula is C20H20FN3O5S. The fourth-order valence-corrected chi connectivity index (χ4v) is 4.64. The molecule has 1 saturated heterocycles. The van der Waals surface area contributed by atoms with Gasteiger partial charge in [-0.3, -0.25) is 4.79 Å². The molecule has 0 bridgehead atoms. The Kier molecular flexibility index (Phi) is 6.66. The number of amides is 1. The molecule has 1 aliphatic heterocycles. The standard InChI is InChI=1S/C20H20FN3O5S/c1-28-18-7-6-14(12-19(18)30(26,27)24-8-10-29-11-9-24)20(25)23-17(13-22)15-4-2-3-5-16(15)21/h2-7,12,17H,8-11H2,1H3,(H,23,25). The van der Waals surface area contributed by atoms with E-state index >= 15 is 0 Å². The Balaban J connectivity index is 1.91. The highest BCUT2D eigenvalue weighted by Gasteiger charge is 2.30. The van der Waals surface area contributed by atoms with Gasteiger partial charge in [-0.25, -0.2) is 12.8 Å². The SMILES string of the molecule is COc1ccc(C(=O)NC(C#N)c2ccccc2F)cc1S(=O)(=O)N1CCOCC1. The zero-order chi connectivity index (χ0) is 21.7. The second-order valence-electron chi connectivity index (χ2n) is 6.44. The van der Waals surface area contributed by atoms with Crippen LogP contribution >= 0.6 is 0 Å². The fraction of sp³-hybridized carbons (Fsp3) is 0.300. The van der Waals surface area contributed by atoms with Crippen LogP contribution in [0.2, 0.25) is 0 Å². The summed E-state index contributed by atoms with van der Waals surface area (Å²) in [6, 6.07) is 10.1. The number of methoxy groups -OCH3 is 1. The molecule has 1 heterocycles. The Bertz CT molecular complexity index is 1080. The van der Waals surface area contributed by atoms with Crippen LogP contribution in [0.25, 0.3) is 0 Å². The number of ether oxygens (including phenoxy) is 2. The van der Waals surface area contributed by atoms with E-state index in [4.69, 9.17) is 9.47 Å². The molecular weight excluding hydrogens is 413 g/mol. The number of hydrogen-bond acceptors (Lipinski definition) is 6. The second kappa shape index (κ2) is 9.21. The van der Waals surface area contributed by atoms with Gasteiger partial charge < -0.3 is 14.8 Å². The number of hydrogen-bond donors (Lipinski definition) is 1. The van der Waals surface area contributed by atoms with Gasteiger partial charge in [0.1, 0.15) is 22.5 Å². The van der Waals surface area contributed by atoms with Gasteiger partial charge in [0, 0.05) is 24.2 Å². The molecule has 0 saturated carbocycles. The van der Waals surface area contributed by atoms with Crippen LogP contribution in [0.4, 0.5) is 4.39 Å². The maximum Gasteiger partial charge on any atom is 0.252 e. The molecule has 2 aromatic rings. The molecule has 0 spiro atoms. The molecule has 1 fully saturated rings. The molecule has 0 aromatic heterocycles. The monoisotopic (exact) mass is 433 g/mol. The quantitative estimate of drug-likeness (QED) is 0.745. The van der Waals surface area contributed by atoms with E-state index in [9.17, 15) is 22.9 Å². The minimum Gasteiger partial charge on any atom is -0.495 e. The number of rotatable bonds is 6. The molecule has 10 heteroatoms. The summed E-state index contributed by atoms with van der Waals surface area (Å²) < 4.78 is 51.7. The summed E-state index contributed by atoms with van der Waals surface area (Å²) in [7, 11) is -2.60. The van der Waals surface area contributed by atoms with Gasteiger partial charge in [-0.2, -0.15) is 9.57 Å². The van der Waals surface area contributed by atoms with Gasteiger partial charge >= 0.3 is 0 Å². The highest BCUT2D eigenvalue weighted by atomic mass is 32.2. The third-order valence-electron chi connectivity index (χ3n) is 4.63. The lowest BCUT2D eigenvalue weighted by Gasteiger charge is -2.26. The van der Waals surface area contributed by atoms with Crippen molar-refractivity contribution in [1.82, 2.24) is 9.62 Å². The molecule has 2 aromatic carbocycles. The zero-order valence-electron chi connectivity index (χ0n) is 16.2. The third kappa shape index (κ3) is 4.43. The maximum atomic E-state index is 14.0. The molecule has 1 amide bonds. The van der Waals surface area contributed by atoms with Crippen LogP contribution in [-0.2, 0) is 14.8 Å². The molecule has 1 aliphatic rings. The van der Waals surface area contributed by atoms with Crippen LogP contribution in [0.1, 0.15) is 22.0 Å². The van der Waals surface area contributed by atoms with E-state index in [2.05, 4.69) is 5.32 Å². The number of carbonyl (C=O) groups is 1. The van der Waals surface area contributed by atoms with Crippen molar-refractivity contribution in [2.45, 2.75) is 10.9 Å². The molecule has 1 unspecified atom stereocenters. The summed E-state index contributed by atoms with van der Waals surface area (Å²) in [5, 5.41) is 11.8. The number of nitriles is 1. The fourth-order valence-electron chi connectivity index (χ4n) is 3.05. The Morgan fingerprint density at radius 1 is 1.27 bits per heavy atom. The van der Waals surface area contributed by atoms with Crippen molar-refractivity contribution in [1.29, 1.82) is 5.26 Å². The van der Waals surface area contributed by atoms with Gasteiger partial charge in [0.05, 0.1) is 26.4 Å². The maximum absolute atomic E-state index is 14.0. The van der Waals surface area contributed by atoms with Gasteiger partial charge in [-0.05, 0) is 24.3 Å². The first-order chi connectivity index (χ1) is 14.4. The lowest BCUT2D eigenvalue weighted by molar-refractivity contribution is 0.0729. The molecule has 3 rings (SSSR count). The van der Waals surface area contributed by atoms with Crippen molar-refractivity contribution in [3.8, 4) is 11.8 Å². The van der Waals surface area contributed by atoms with Crippen LogP contribution in [0.3, 0.4) is 0 Å². The number of halogens is 1. The summed E-state index contributed by atoms with van der Waals surface area (Å²) in [5.74, 6) is -1.26. The highest BCUT2D eigenvalue weighted by Crippen LogP contribution is 2.29. The van der Waals surface area contributed by atoms with Crippen molar-refractivity contribution in [2.75, 3.05) is 33.4 Å². The molecule has 1 N–H and O–H groups in total. The lowest BCUT2D eigenvalue weighted by Crippen LogP contribution is -2.40. The van der Waals surface area contributed by atoms with Crippen molar-refractivity contribution in [2.24, 2.45) is 0 Å². The smallest absolute Gasteiger partial charge is 0.252 e. The van der Waals surface area contributed by atoms with E-state index in [1.54, 1.807) is 6.07 Å². The van der Waals surface area contributed by atoms with E-state index in [0.717, 1.165) is 0 Å². The Labute approximate surface area is 173 Å². The molecule has 158 valence electrons. The number of nitrogens with one attached hydrogen (secondary N) is 1. The van der Waals surface area contributed by atoms with Crippen LogP contribution in [0, 0.1) is 17.1 Å². The number of carbonyl (C=O) groups excluding carboxylic acids is 1. The Hall–Kier alpha value is -3.00. The minimum absolute atomic E-state index is 0.000719. The average molecular weight is 433 g/mol. The van der Waals surface area contributed by atoms with Crippen molar-refractivity contribution in [3.63, 3.8) is 0 Å². The normalized spacial score (nSPS) is 15.8. The van der Waals surface area contributed by atoms with E-state index in [0.29, 0.717) is 0 Å². The predicted octanol–water partition coefficient (Wildman–Crippen LogP) is 1.85. The van der Waals surface area contributed by atoms with Crippen LogP contribution < -0.4 is 10.1 Å². The Morgan fingerprint density at radius 3 is 2.60 bits per heavy atom. The summed E-state index contributed by atoms with van der Waals surface area (Å²) >= 11 is 0. The van der Waals surface area contributed by atoms with Crippen LogP contribution in [0.15, 0.2) is 47.4 Å². The average Bonchev–Trinajstić information content (AvgIpc) is 2.78. The molecule has 30 heavy (non-hydrogen) atoms. The molecule has 0 radical (unpaired) electrons. The van der Waals surface area contributed by atoms with E-state index < -0.39 is 27.8 Å². The van der Waals surface area contributed by atoms with Crippen molar-refractivity contribution >= 4 is 15.9 Å². The van der Waals surface area contributed by atoms with Gasteiger partial charge in [0.15, 0.2) is 0 Å². The first-order valence-corrected chi connectivity index (χ1v) is 10.5. The van der Waals surface area contributed by atoms with Crippen molar-refractivity contribution in [3.05, 3.63) is 59.4 Å². The van der Waals surface area contributed by atoms with Crippen LogP contribution in [-0.4, -0.2) is 52.0 Å². The van der Waals surface area contributed by atoms with Gasteiger partial charge in [-0.1, -0.05) is 18.2 Å². The third-order valence-corrected chi connectivity index (χ3v) is 6.55. The van der Waals surface area contributed by atoms with Gasteiger partial charge in [0.2, 0.25) is 10.0 Å². The van der Waals surface area contributed by atoms with Gasteiger partial charge in [-0.15, -0.1) is 0 Å². The summed E-state index contributed by atoms with van der Waals surface area (Å²) in [6.07, 6.45) is 0. The number of nitrogens with zero attached hydrogens (tertiary/aromatic N) is 2. The number of sulfonamides is 1. The second-order valence-corrected chi connectivity index (χ2v) is 8.35. The lowest BCUT2D eigenvalue weighted by atomic mass is 10.1. The van der Waals surface area contributed by atoms with Crippen LogP contribution in [0.5, 0.6) is 5.75 Å². The summed E-state index contributed by atoms with van der Waals surface area (Å²) in [4.78, 5) is 12.5. The predicted molar refractivity (Wildman–Crippen MR) is 105 cm³/mol. The largest absolute Gasteiger partial charge is 0.495 e. The molecule has 1 atom stereocenters. The van der Waals surface area contributed by atoms with E-state index in [1.807, 2.05) is 6.07 Å². The molecule has 0 aliphatic carbocycles. The first-order valence-electron chi connectivity index (χ1n) is 9.09. The van der Waals surface area contributed by atoms with Gasteiger partial charge in [0.25, 0.3) is 5.91 Å². The van der Waals surface area contributed by atoms with Crippen molar-refractivity contribution < 1.29 is 27.1 Å². The van der Waals surface area contributed by atoms with E-state index in [1.165, 1.54) is 47.8 Å². The minimum atomic E-state index is -3.93. The first kappa shape index (κ1) is 21.7. The molecule has 8 nitrogen and oxygen atoms in total. The highest BCUT2D eigenvalue weighted by molar-refractivity contribution is 7.89. The van der Waals surface area contributed by atoms with E-state index in [-0.39, 0.29) is 48.1 Å². The number of morpholine rings is 1. The summed E-state index contributed by atoms with van der Waals surface area (Å²) in [6.45, 7) is 0.916.